The van der Waals surface area contributed by atoms with Gasteiger partial charge in [0, 0.05) is 81.6 Å². The molecule has 2 N–H and O–H groups in total. The molecule has 59 heavy (non-hydrogen) atoms. The summed E-state index contributed by atoms with van der Waals surface area (Å²) in [6.45, 7) is 3.86. The zero-order valence-corrected chi connectivity index (χ0v) is 34.7. The number of carbonyl (C=O) groups excluding carboxylic acids is 2. The summed E-state index contributed by atoms with van der Waals surface area (Å²) in [5, 5.41) is 15.6. The minimum atomic E-state index is -4.60. The van der Waals surface area contributed by atoms with Crippen LogP contribution in [-0.2, 0) is 31.2 Å². The highest BCUT2D eigenvalue weighted by molar-refractivity contribution is 7.91. The first-order chi connectivity index (χ1) is 28.1. The molecule has 17 heteroatoms. The lowest BCUT2D eigenvalue weighted by atomic mass is 9.99. The third-order valence-electron chi connectivity index (χ3n) is 9.94. The molecule has 6 rings (SSSR count). The first-order valence-corrected chi connectivity index (χ1v) is 22.1. The summed E-state index contributed by atoms with van der Waals surface area (Å²) in [5.41, 5.74) is 3.49. The zero-order valence-electron chi connectivity index (χ0n) is 32.3. The van der Waals surface area contributed by atoms with Crippen molar-refractivity contribution in [3.8, 4) is 11.1 Å². The Balaban J connectivity index is 1.09. The van der Waals surface area contributed by atoms with E-state index in [1.54, 1.807) is 30.3 Å². The Morgan fingerprint density at radius 1 is 0.814 bits per heavy atom. The molecule has 1 atom stereocenters. The van der Waals surface area contributed by atoms with E-state index in [-0.39, 0.29) is 22.6 Å². The first kappa shape index (κ1) is 42.8. The Labute approximate surface area is 348 Å². The molecule has 1 fully saturated rings. The minimum Gasteiger partial charge on any atom is -0.375 e. The van der Waals surface area contributed by atoms with Crippen molar-refractivity contribution in [1.82, 2.24) is 14.5 Å². The van der Waals surface area contributed by atoms with Gasteiger partial charge in [-0.3, -0.25) is 24.6 Å². The van der Waals surface area contributed by atoms with Crippen molar-refractivity contribution in [2.75, 3.05) is 56.2 Å². The fourth-order valence-electron chi connectivity index (χ4n) is 6.74. The Morgan fingerprint density at radius 3 is 2.10 bits per heavy atom. The van der Waals surface area contributed by atoms with Gasteiger partial charge in [-0.15, -0.1) is 0 Å². The highest BCUT2D eigenvalue weighted by Crippen LogP contribution is 2.30. The summed E-state index contributed by atoms with van der Waals surface area (Å²) < 4.78 is 55.1. The molecular formula is C42H43ClN6O8S2. The molecule has 5 aromatic carbocycles. The summed E-state index contributed by atoms with van der Waals surface area (Å²) in [6, 6.07) is 32.0. The van der Waals surface area contributed by atoms with Crippen LogP contribution in [0.1, 0.15) is 22.3 Å². The fourth-order valence-corrected chi connectivity index (χ4v) is 9.36. The summed E-state index contributed by atoms with van der Waals surface area (Å²) in [7, 11) is -5.56. The van der Waals surface area contributed by atoms with Crippen LogP contribution in [0.3, 0.4) is 0 Å². The topological polar surface area (TPSA) is 179 Å². The molecule has 0 aromatic heterocycles. The average molecular weight is 859 g/mol. The quantitative estimate of drug-likeness (QED) is 0.0920. The molecule has 1 aliphatic heterocycles. The number of sulfonamides is 1. The Morgan fingerprint density at radius 2 is 1.46 bits per heavy atom. The molecule has 2 amide bonds. The van der Waals surface area contributed by atoms with Crippen LogP contribution in [0.5, 0.6) is 0 Å². The lowest BCUT2D eigenvalue weighted by Gasteiger charge is -2.36. The maximum absolute atomic E-state index is 13.4. The zero-order chi connectivity index (χ0) is 42.3. The molecule has 0 bridgehead atoms. The molecule has 1 saturated heterocycles. The van der Waals surface area contributed by atoms with Gasteiger partial charge in [-0.05, 0) is 77.4 Å². The van der Waals surface area contributed by atoms with E-state index in [9.17, 15) is 36.5 Å². The van der Waals surface area contributed by atoms with Crippen molar-refractivity contribution in [2.24, 2.45) is 0 Å². The number of anilines is 2. The van der Waals surface area contributed by atoms with E-state index < -0.39 is 59.0 Å². The van der Waals surface area contributed by atoms with Crippen LogP contribution in [0, 0.1) is 10.1 Å². The van der Waals surface area contributed by atoms with Crippen molar-refractivity contribution < 1.29 is 31.3 Å². The first-order valence-electron chi connectivity index (χ1n) is 18.6. The highest BCUT2D eigenvalue weighted by Gasteiger charge is 2.29. The van der Waals surface area contributed by atoms with Gasteiger partial charge in [0.2, 0.25) is 5.91 Å². The lowest BCUT2D eigenvalue weighted by Crippen LogP contribution is -2.46. The summed E-state index contributed by atoms with van der Waals surface area (Å²) in [5.74, 6) is -1.95. The van der Waals surface area contributed by atoms with Gasteiger partial charge in [0.1, 0.15) is 5.69 Å². The molecule has 1 aliphatic rings. The van der Waals surface area contributed by atoms with E-state index >= 15 is 0 Å². The van der Waals surface area contributed by atoms with Crippen LogP contribution in [-0.4, -0.2) is 95.4 Å². The van der Waals surface area contributed by atoms with Crippen LogP contribution in [0.25, 0.3) is 11.1 Å². The second-order valence-electron chi connectivity index (χ2n) is 14.3. The molecule has 0 aliphatic carbocycles. The van der Waals surface area contributed by atoms with Crippen LogP contribution in [0.2, 0.25) is 5.02 Å². The van der Waals surface area contributed by atoms with Gasteiger partial charge in [0.25, 0.3) is 21.6 Å². The Bertz CT molecular complexity index is 2530. The average Bonchev–Trinajstić information content (AvgIpc) is 3.21. The number of carbonyl (C=O) groups is 2. The second kappa shape index (κ2) is 18.4. The third kappa shape index (κ3) is 10.8. The second-order valence-corrected chi connectivity index (χ2v) is 18.4. The number of nitro benzene ring substituents is 1. The van der Waals surface area contributed by atoms with E-state index in [0.29, 0.717) is 5.02 Å². The summed E-state index contributed by atoms with van der Waals surface area (Å²) >= 11 is 6.10. The highest BCUT2D eigenvalue weighted by atomic mass is 35.5. The number of halogens is 1. The number of amides is 2. The number of rotatable bonds is 15. The molecule has 0 unspecified atom stereocenters. The molecule has 0 saturated carbocycles. The Kier molecular flexibility index (Phi) is 13.4. The van der Waals surface area contributed by atoms with Gasteiger partial charge in [0.05, 0.1) is 20.5 Å². The number of nitrogens with one attached hydrogen (secondary N) is 2. The van der Waals surface area contributed by atoms with Crippen LogP contribution < -0.4 is 14.9 Å². The van der Waals surface area contributed by atoms with Crippen LogP contribution in [0.4, 0.5) is 17.1 Å². The predicted octanol–water partition coefficient (Wildman–Crippen LogP) is 6.09. The summed E-state index contributed by atoms with van der Waals surface area (Å²) in [4.78, 5) is 42.4. The van der Waals surface area contributed by atoms with Crippen molar-refractivity contribution in [3.63, 3.8) is 0 Å². The van der Waals surface area contributed by atoms with Gasteiger partial charge in [-0.2, -0.15) is 0 Å². The predicted molar refractivity (Wildman–Crippen MR) is 228 cm³/mol. The number of benzene rings is 5. The number of hydrogen-bond donors (Lipinski definition) is 2. The molecule has 0 spiro atoms. The standard InChI is InChI=1S/C42H43ClN6O8S2/c1-46(2)41(50)26-34(29-58(54,55)36-9-4-3-5-10-36)44-39-21-20-37(27-40(39)49(52)53)59(56,57)45-42(51)31-14-18-35(19-15-31)48-24-22-47(23-25-48)28-32-8-6-7-11-38(32)30-12-16-33(43)17-13-30/h3-21,27,34,44H,22-26,28-29H2,1-2H3,(H,45,51)/t34-/m1/s1. The smallest absolute Gasteiger partial charge is 0.293 e. The van der Waals surface area contributed by atoms with Crippen molar-refractivity contribution in [1.29, 1.82) is 0 Å². The van der Waals surface area contributed by atoms with Gasteiger partial charge in [-0.1, -0.05) is 66.2 Å². The van der Waals surface area contributed by atoms with Crippen molar-refractivity contribution in [2.45, 2.75) is 28.8 Å². The van der Waals surface area contributed by atoms with Gasteiger partial charge >= 0.3 is 0 Å². The number of piperazine rings is 1. The molecule has 5 aromatic rings. The van der Waals surface area contributed by atoms with E-state index in [1.165, 1.54) is 48.8 Å². The number of sulfone groups is 1. The fraction of sp³-hybridized carbons (Fsp3) is 0.238. The normalized spacial score (nSPS) is 14.0. The lowest BCUT2D eigenvalue weighted by molar-refractivity contribution is -0.384. The SMILES string of the molecule is CN(C)C(=O)C[C@H](CS(=O)(=O)c1ccccc1)Nc1ccc(S(=O)(=O)NC(=O)c2ccc(N3CCN(Cc4ccccc4-c4ccc(Cl)cc4)CC3)cc2)cc1[N+](=O)[O-]. The van der Waals surface area contributed by atoms with Crippen LogP contribution >= 0.6 is 11.6 Å². The summed E-state index contributed by atoms with van der Waals surface area (Å²) in [6.07, 6.45) is -0.331. The van der Waals surface area contributed by atoms with E-state index in [2.05, 4.69) is 27.2 Å². The number of hydrogen-bond acceptors (Lipinski definition) is 11. The minimum absolute atomic E-state index is 0.00730. The van der Waals surface area contributed by atoms with Crippen LogP contribution in [0.15, 0.2) is 131 Å². The monoisotopic (exact) mass is 858 g/mol. The number of nitro groups is 1. The van der Waals surface area contributed by atoms with Crippen molar-refractivity contribution >= 4 is 60.3 Å². The van der Waals surface area contributed by atoms with Crippen molar-refractivity contribution in [3.05, 3.63) is 148 Å². The third-order valence-corrected chi connectivity index (χ3v) is 13.4. The molecule has 1 heterocycles. The maximum Gasteiger partial charge on any atom is 0.293 e. The number of nitrogens with zero attached hydrogens (tertiary/aromatic N) is 4. The molecule has 308 valence electrons. The maximum atomic E-state index is 13.4. The van der Waals surface area contributed by atoms with Gasteiger partial charge in [0.15, 0.2) is 9.84 Å². The largest absolute Gasteiger partial charge is 0.375 e. The van der Waals surface area contributed by atoms with Gasteiger partial charge in [-0.25, -0.2) is 21.6 Å². The molecule has 0 radical (unpaired) electrons. The van der Waals surface area contributed by atoms with E-state index in [0.717, 1.165) is 67.7 Å². The van der Waals surface area contributed by atoms with Gasteiger partial charge < -0.3 is 15.1 Å². The van der Waals surface area contributed by atoms with E-state index in [1.807, 2.05) is 41.1 Å². The van der Waals surface area contributed by atoms with E-state index in [4.69, 9.17) is 11.6 Å². The molecule has 14 nitrogen and oxygen atoms in total. The Hall–Kier alpha value is -5.81. The molecular weight excluding hydrogens is 816 g/mol.